The number of nitrogens with one attached hydrogen (secondary N) is 2. The molecule has 3 amide bonds. The number of ether oxygens (including phenoxy) is 1. The third kappa shape index (κ3) is 5.08. The Balaban J connectivity index is 1.91. The van der Waals surface area contributed by atoms with Crippen molar-refractivity contribution in [1.82, 2.24) is 15.5 Å². The fourth-order valence-corrected chi connectivity index (χ4v) is 2.27. The van der Waals surface area contributed by atoms with Crippen LogP contribution in [-0.2, 0) is 4.79 Å². The molecule has 1 heterocycles. The predicted octanol–water partition coefficient (Wildman–Crippen LogP) is 1.88. The summed E-state index contributed by atoms with van der Waals surface area (Å²) in [5.74, 6) is 0.00217. The highest BCUT2D eigenvalue weighted by molar-refractivity contribution is 5.79. The molecule has 0 bridgehead atoms. The van der Waals surface area contributed by atoms with Crippen molar-refractivity contribution in [3.05, 3.63) is 29.8 Å². The van der Waals surface area contributed by atoms with Crippen molar-refractivity contribution in [1.29, 1.82) is 0 Å². The molecule has 0 radical (unpaired) electrons. The zero-order valence-corrected chi connectivity index (χ0v) is 12.7. The van der Waals surface area contributed by atoms with E-state index in [2.05, 4.69) is 15.4 Å². The molecular weight excluding hydrogens is 308 g/mol. The molecule has 8 heteroatoms. The van der Waals surface area contributed by atoms with E-state index >= 15 is 0 Å². The molecule has 0 unspecified atom stereocenters. The highest BCUT2D eigenvalue weighted by Crippen LogP contribution is 2.19. The van der Waals surface area contributed by atoms with E-state index < -0.39 is 6.61 Å². The number of amides is 3. The van der Waals surface area contributed by atoms with E-state index in [1.807, 2.05) is 0 Å². The molecule has 23 heavy (non-hydrogen) atoms. The third-order valence-electron chi connectivity index (χ3n) is 3.55. The smallest absolute Gasteiger partial charge is 0.387 e. The molecule has 1 aromatic rings. The molecule has 0 aliphatic carbocycles. The van der Waals surface area contributed by atoms with Gasteiger partial charge in [0, 0.05) is 26.1 Å². The normalized spacial score (nSPS) is 16.5. The number of hydrogen-bond donors (Lipinski definition) is 2. The Kier molecular flexibility index (Phi) is 5.72. The fourth-order valence-electron chi connectivity index (χ4n) is 2.27. The Hall–Kier alpha value is -2.38. The van der Waals surface area contributed by atoms with Crippen LogP contribution in [0.1, 0.15) is 24.9 Å². The van der Waals surface area contributed by atoms with Crippen LogP contribution in [0.2, 0.25) is 0 Å². The van der Waals surface area contributed by atoms with E-state index in [9.17, 15) is 18.4 Å². The maximum Gasteiger partial charge on any atom is 0.387 e. The second-order valence-corrected chi connectivity index (χ2v) is 5.21. The number of carbonyl (C=O) groups is 2. The summed E-state index contributed by atoms with van der Waals surface area (Å²) >= 11 is 0. The van der Waals surface area contributed by atoms with Gasteiger partial charge in [-0.2, -0.15) is 8.78 Å². The van der Waals surface area contributed by atoms with E-state index in [1.54, 1.807) is 24.0 Å². The number of rotatable bonds is 4. The van der Waals surface area contributed by atoms with E-state index in [0.717, 1.165) is 5.56 Å². The zero-order valence-electron chi connectivity index (χ0n) is 12.7. The quantitative estimate of drug-likeness (QED) is 0.887. The summed E-state index contributed by atoms with van der Waals surface area (Å²) in [6, 6.07) is 5.54. The Morgan fingerprint density at radius 3 is 2.65 bits per heavy atom. The molecule has 0 spiro atoms. The molecule has 2 N–H and O–H groups in total. The molecule has 0 aromatic heterocycles. The molecule has 1 aromatic carbocycles. The van der Waals surface area contributed by atoms with Gasteiger partial charge in [0.2, 0.25) is 5.91 Å². The molecule has 0 saturated carbocycles. The van der Waals surface area contributed by atoms with Crippen molar-refractivity contribution in [3.63, 3.8) is 0 Å². The molecule has 1 aliphatic heterocycles. The number of carbonyl (C=O) groups excluding carboxylic acids is 2. The van der Waals surface area contributed by atoms with Crippen LogP contribution >= 0.6 is 0 Å². The molecule has 1 saturated heterocycles. The summed E-state index contributed by atoms with van der Waals surface area (Å²) in [6.07, 6.45) is 0.279. The number of alkyl halides is 2. The van der Waals surface area contributed by atoms with Crippen LogP contribution in [0.3, 0.4) is 0 Å². The number of halogens is 2. The lowest BCUT2D eigenvalue weighted by atomic mass is 10.1. The minimum atomic E-state index is -2.86. The molecule has 1 aliphatic rings. The summed E-state index contributed by atoms with van der Waals surface area (Å²) < 4.78 is 28.5. The van der Waals surface area contributed by atoms with Gasteiger partial charge in [0.15, 0.2) is 0 Å². The van der Waals surface area contributed by atoms with Crippen molar-refractivity contribution in [2.24, 2.45) is 0 Å². The van der Waals surface area contributed by atoms with Crippen LogP contribution in [0.5, 0.6) is 5.75 Å². The van der Waals surface area contributed by atoms with E-state index in [0.29, 0.717) is 19.6 Å². The Morgan fingerprint density at radius 1 is 1.30 bits per heavy atom. The lowest BCUT2D eigenvalue weighted by Gasteiger charge is -2.23. The minimum absolute atomic E-state index is 0.0667. The van der Waals surface area contributed by atoms with Crippen molar-refractivity contribution in [2.45, 2.75) is 26.0 Å². The number of urea groups is 1. The van der Waals surface area contributed by atoms with Crippen LogP contribution in [0.15, 0.2) is 24.3 Å². The van der Waals surface area contributed by atoms with Crippen LogP contribution < -0.4 is 15.4 Å². The monoisotopic (exact) mass is 327 g/mol. The van der Waals surface area contributed by atoms with Gasteiger partial charge >= 0.3 is 12.6 Å². The number of benzene rings is 1. The first kappa shape index (κ1) is 17.0. The first-order valence-corrected chi connectivity index (χ1v) is 7.32. The van der Waals surface area contributed by atoms with E-state index in [4.69, 9.17) is 0 Å². The minimum Gasteiger partial charge on any atom is -0.435 e. The van der Waals surface area contributed by atoms with Gasteiger partial charge in [-0.15, -0.1) is 0 Å². The molecule has 6 nitrogen and oxygen atoms in total. The molecule has 126 valence electrons. The highest BCUT2D eigenvalue weighted by atomic mass is 19.3. The van der Waals surface area contributed by atoms with Crippen LogP contribution in [-0.4, -0.2) is 43.1 Å². The van der Waals surface area contributed by atoms with Gasteiger partial charge in [-0.25, -0.2) is 4.79 Å². The maximum absolute atomic E-state index is 12.2. The predicted molar refractivity (Wildman–Crippen MR) is 79.2 cm³/mol. The van der Waals surface area contributed by atoms with E-state index in [1.165, 1.54) is 12.1 Å². The van der Waals surface area contributed by atoms with Crippen molar-refractivity contribution in [2.75, 3.05) is 19.6 Å². The van der Waals surface area contributed by atoms with Crippen molar-refractivity contribution >= 4 is 11.9 Å². The van der Waals surface area contributed by atoms with Gasteiger partial charge in [-0.3, -0.25) is 4.79 Å². The summed E-state index contributed by atoms with van der Waals surface area (Å²) in [5, 5.41) is 5.53. The largest absolute Gasteiger partial charge is 0.435 e. The number of hydrogen-bond acceptors (Lipinski definition) is 3. The average Bonchev–Trinajstić information content (AvgIpc) is 2.72. The highest BCUT2D eigenvalue weighted by Gasteiger charge is 2.20. The summed E-state index contributed by atoms with van der Waals surface area (Å²) in [5.41, 5.74) is 0.768. The Morgan fingerprint density at radius 2 is 2.00 bits per heavy atom. The summed E-state index contributed by atoms with van der Waals surface area (Å²) in [4.78, 5) is 25.0. The standard InChI is InChI=1S/C15H19F2N3O3/c1-10(11-2-4-12(5-3-11)23-14(16)17)19-15(22)20-8-6-13(21)18-7-9-20/h2-5,10,14H,6-9H2,1H3,(H,18,21)(H,19,22)/t10-/m0/s1. The van der Waals surface area contributed by atoms with Crippen LogP contribution in [0.4, 0.5) is 13.6 Å². The van der Waals surface area contributed by atoms with Gasteiger partial charge < -0.3 is 20.3 Å². The van der Waals surface area contributed by atoms with Crippen LogP contribution in [0.25, 0.3) is 0 Å². The van der Waals surface area contributed by atoms with E-state index in [-0.39, 0.29) is 30.2 Å². The SMILES string of the molecule is C[C@H](NC(=O)N1CCNC(=O)CC1)c1ccc(OC(F)F)cc1. The summed E-state index contributed by atoms with van der Waals surface area (Å²) in [6.45, 7) is 0.178. The second kappa shape index (κ2) is 7.75. The average molecular weight is 327 g/mol. The first-order chi connectivity index (χ1) is 11.0. The first-order valence-electron chi connectivity index (χ1n) is 7.32. The van der Waals surface area contributed by atoms with Gasteiger partial charge in [0.05, 0.1) is 6.04 Å². The molecule has 1 atom stereocenters. The van der Waals surface area contributed by atoms with Crippen LogP contribution in [0, 0.1) is 0 Å². The summed E-state index contributed by atoms with van der Waals surface area (Å²) in [7, 11) is 0. The zero-order chi connectivity index (χ0) is 16.8. The Bertz CT molecular complexity index is 551. The Labute approximate surface area is 132 Å². The van der Waals surface area contributed by atoms with Crippen molar-refractivity contribution < 1.29 is 23.1 Å². The van der Waals surface area contributed by atoms with Gasteiger partial charge in [-0.05, 0) is 24.6 Å². The molecule has 2 rings (SSSR count). The second-order valence-electron chi connectivity index (χ2n) is 5.21. The molecular formula is C15H19F2N3O3. The third-order valence-corrected chi connectivity index (χ3v) is 3.55. The number of nitrogens with zero attached hydrogens (tertiary/aromatic N) is 1. The van der Waals surface area contributed by atoms with Gasteiger partial charge in [0.25, 0.3) is 0 Å². The fraction of sp³-hybridized carbons (Fsp3) is 0.467. The maximum atomic E-state index is 12.2. The van der Waals surface area contributed by atoms with Crippen molar-refractivity contribution in [3.8, 4) is 5.75 Å². The van der Waals surface area contributed by atoms with Gasteiger partial charge in [0.1, 0.15) is 5.75 Å². The van der Waals surface area contributed by atoms with Gasteiger partial charge in [-0.1, -0.05) is 12.1 Å². The topological polar surface area (TPSA) is 70.7 Å². The lowest BCUT2D eigenvalue weighted by Crippen LogP contribution is -2.42. The molecule has 1 fully saturated rings. The lowest BCUT2D eigenvalue weighted by molar-refractivity contribution is -0.120.